The minimum absolute atomic E-state index is 0. The van der Waals surface area contributed by atoms with Crippen molar-refractivity contribution >= 4 is 29.5 Å². The molecule has 1 aliphatic carbocycles. The van der Waals surface area contributed by atoms with Crippen LogP contribution in [0.25, 0.3) is 10.8 Å². The molecule has 3 rings (SSSR count). The van der Waals surface area contributed by atoms with Crippen LogP contribution in [0.3, 0.4) is 0 Å². The molecule has 2 N–H and O–H groups in total. The minimum atomic E-state index is -0.414. The predicted molar refractivity (Wildman–Crippen MR) is 74.6 cm³/mol. The minimum Gasteiger partial charge on any atom is -0.333 e. The van der Waals surface area contributed by atoms with Crippen LogP contribution >= 0.6 is 23.7 Å². The van der Waals surface area contributed by atoms with Gasteiger partial charge in [-0.15, -0.1) is 23.7 Å². The van der Waals surface area contributed by atoms with Crippen LogP contribution in [-0.2, 0) is 5.54 Å². The molecular formula is C12H14ClN3O2S. The molecule has 2 aromatic rings. The van der Waals surface area contributed by atoms with E-state index < -0.39 is 5.54 Å². The molecule has 0 spiro atoms. The van der Waals surface area contributed by atoms with Crippen molar-refractivity contribution < 1.29 is 9.32 Å². The highest BCUT2D eigenvalue weighted by Gasteiger charge is 2.39. The fourth-order valence-electron chi connectivity index (χ4n) is 1.95. The van der Waals surface area contributed by atoms with Crippen LogP contribution in [0, 0.1) is 0 Å². The molecule has 0 aliphatic heterocycles. The van der Waals surface area contributed by atoms with Crippen molar-refractivity contribution in [1.82, 2.24) is 10.1 Å². The van der Waals surface area contributed by atoms with Crippen LogP contribution < -0.4 is 5.73 Å². The maximum absolute atomic E-state index is 11.2. The summed E-state index contributed by atoms with van der Waals surface area (Å²) in [6.45, 7) is 1.54. The van der Waals surface area contributed by atoms with E-state index in [0.717, 1.165) is 24.1 Å². The van der Waals surface area contributed by atoms with Crippen molar-refractivity contribution in [1.29, 1.82) is 0 Å². The van der Waals surface area contributed by atoms with E-state index in [-0.39, 0.29) is 18.2 Å². The monoisotopic (exact) mass is 299 g/mol. The molecule has 2 aromatic heterocycles. The van der Waals surface area contributed by atoms with Gasteiger partial charge in [-0.05, 0) is 38.3 Å². The van der Waals surface area contributed by atoms with E-state index in [1.54, 1.807) is 6.07 Å². The van der Waals surface area contributed by atoms with Gasteiger partial charge in [-0.25, -0.2) is 0 Å². The molecule has 7 heteroatoms. The molecule has 19 heavy (non-hydrogen) atoms. The van der Waals surface area contributed by atoms with Crippen molar-refractivity contribution in [2.24, 2.45) is 5.73 Å². The van der Waals surface area contributed by atoms with Gasteiger partial charge in [-0.2, -0.15) is 4.98 Å². The number of carbonyl (C=O) groups excluding carboxylic acids is 1. The van der Waals surface area contributed by atoms with Crippen molar-refractivity contribution in [2.75, 3.05) is 0 Å². The van der Waals surface area contributed by atoms with Crippen molar-refractivity contribution in [3.63, 3.8) is 0 Å². The van der Waals surface area contributed by atoms with Crippen LogP contribution in [0.15, 0.2) is 16.7 Å². The summed E-state index contributed by atoms with van der Waals surface area (Å²) in [7, 11) is 0. The van der Waals surface area contributed by atoms with Gasteiger partial charge in [-0.3, -0.25) is 4.79 Å². The third kappa shape index (κ3) is 2.43. The SMILES string of the molecule is CC(=O)c1ccc(-c2nc(C3(N)CCC3)no2)s1.Cl. The normalized spacial score (nSPS) is 16.5. The average Bonchev–Trinajstić information content (AvgIpc) is 2.94. The predicted octanol–water partition coefficient (Wildman–Crippen LogP) is 2.76. The molecule has 0 amide bonds. The standard InChI is InChI=1S/C12H13N3O2S.ClH/c1-7(16)8-3-4-9(18-8)10-14-11(15-17-10)12(13)5-2-6-12;/h3-4H,2,5-6,13H2,1H3;1H. The lowest BCUT2D eigenvalue weighted by molar-refractivity contribution is 0.102. The number of hydrogen-bond acceptors (Lipinski definition) is 6. The largest absolute Gasteiger partial charge is 0.333 e. The summed E-state index contributed by atoms with van der Waals surface area (Å²) in [5.74, 6) is 1.06. The highest BCUT2D eigenvalue weighted by molar-refractivity contribution is 7.17. The summed E-state index contributed by atoms with van der Waals surface area (Å²) in [6.07, 6.45) is 2.90. The molecule has 2 heterocycles. The van der Waals surface area contributed by atoms with Crippen molar-refractivity contribution in [3.05, 3.63) is 22.8 Å². The van der Waals surface area contributed by atoms with E-state index >= 15 is 0 Å². The molecule has 0 bridgehead atoms. The van der Waals surface area contributed by atoms with Gasteiger partial charge in [0.2, 0.25) is 0 Å². The number of nitrogens with two attached hydrogens (primary N) is 1. The topological polar surface area (TPSA) is 82.0 Å². The lowest BCUT2D eigenvalue weighted by atomic mass is 9.77. The molecule has 1 fully saturated rings. The average molecular weight is 300 g/mol. The zero-order chi connectivity index (χ0) is 12.8. The number of hydrogen-bond donors (Lipinski definition) is 1. The Labute approximate surface area is 120 Å². The second-order valence-electron chi connectivity index (χ2n) is 4.65. The highest BCUT2D eigenvalue weighted by Crippen LogP contribution is 2.38. The Balaban J connectivity index is 0.00000133. The number of halogens is 1. The van der Waals surface area contributed by atoms with Crippen LogP contribution in [-0.4, -0.2) is 15.9 Å². The highest BCUT2D eigenvalue weighted by atomic mass is 35.5. The summed E-state index contributed by atoms with van der Waals surface area (Å²) >= 11 is 1.36. The van der Waals surface area contributed by atoms with Crippen LogP contribution in [0.5, 0.6) is 0 Å². The van der Waals surface area contributed by atoms with E-state index in [0.29, 0.717) is 16.6 Å². The van der Waals surface area contributed by atoms with E-state index in [1.165, 1.54) is 18.3 Å². The fraction of sp³-hybridized carbons (Fsp3) is 0.417. The first-order valence-corrected chi connectivity index (χ1v) is 6.64. The van der Waals surface area contributed by atoms with E-state index in [2.05, 4.69) is 10.1 Å². The zero-order valence-electron chi connectivity index (χ0n) is 10.4. The van der Waals surface area contributed by atoms with E-state index in [4.69, 9.17) is 10.3 Å². The third-order valence-electron chi connectivity index (χ3n) is 3.28. The number of carbonyl (C=O) groups is 1. The maximum atomic E-state index is 11.2. The van der Waals surface area contributed by atoms with Crippen molar-refractivity contribution in [3.8, 4) is 10.8 Å². The van der Waals surface area contributed by atoms with Gasteiger partial charge >= 0.3 is 0 Å². The first kappa shape index (κ1) is 14.2. The summed E-state index contributed by atoms with van der Waals surface area (Å²) < 4.78 is 5.22. The summed E-state index contributed by atoms with van der Waals surface area (Å²) in [6, 6.07) is 3.59. The lowest BCUT2D eigenvalue weighted by Crippen LogP contribution is -2.44. The molecule has 102 valence electrons. The quantitative estimate of drug-likeness (QED) is 0.881. The third-order valence-corrected chi connectivity index (χ3v) is 4.45. The first-order chi connectivity index (χ1) is 8.58. The van der Waals surface area contributed by atoms with Crippen molar-refractivity contribution in [2.45, 2.75) is 31.7 Å². The fourth-order valence-corrected chi connectivity index (χ4v) is 2.77. The Morgan fingerprint density at radius 1 is 1.47 bits per heavy atom. The second-order valence-corrected chi connectivity index (χ2v) is 5.74. The Hall–Kier alpha value is -1.24. The van der Waals surface area contributed by atoms with Gasteiger partial charge in [0.15, 0.2) is 11.6 Å². The number of rotatable bonds is 3. The van der Waals surface area contributed by atoms with Gasteiger partial charge < -0.3 is 10.3 Å². The second kappa shape index (κ2) is 5.03. The number of aromatic nitrogens is 2. The molecule has 1 saturated carbocycles. The van der Waals surface area contributed by atoms with E-state index in [9.17, 15) is 4.79 Å². The number of ketones is 1. The lowest BCUT2D eigenvalue weighted by Gasteiger charge is -2.34. The summed E-state index contributed by atoms with van der Waals surface area (Å²) in [4.78, 5) is 17.1. The van der Waals surface area contributed by atoms with Gasteiger partial charge in [0.05, 0.1) is 15.3 Å². The molecule has 5 nitrogen and oxygen atoms in total. The van der Waals surface area contributed by atoms with Gasteiger partial charge in [0.1, 0.15) is 0 Å². The molecule has 1 aliphatic rings. The first-order valence-electron chi connectivity index (χ1n) is 5.83. The number of Topliss-reactive ketones (excluding diaryl/α,β-unsaturated/α-hetero) is 1. The Morgan fingerprint density at radius 3 is 2.74 bits per heavy atom. The summed E-state index contributed by atoms with van der Waals surface area (Å²) in [5, 5.41) is 3.95. The smallest absolute Gasteiger partial charge is 0.268 e. The van der Waals surface area contributed by atoms with Gasteiger partial charge in [0.25, 0.3) is 5.89 Å². The zero-order valence-corrected chi connectivity index (χ0v) is 12.0. The molecule has 0 aromatic carbocycles. The Kier molecular flexibility index (Phi) is 3.75. The maximum Gasteiger partial charge on any atom is 0.268 e. The van der Waals surface area contributed by atoms with Gasteiger partial charge in [0, 0.05) is 0 Å². The van der Waals surface area contributed by atoms with E-state index in [1.807, 2.05) is 6.07 Å². The number of nitrogens with zero attached hydrogens (tertiary/aromatic N) is 2. The van der Waals surface area contributed by atoms with Crippen LogP contribution in [0.2, 0.25) is 0 Å². The molecule has 0 unspecified atom stereocenters. The van der Waals surface area contributed by atoms with Gasteiger partial charge in [-0.1, -0.05) is 5.16 Å². The Morgan fingerprint density at radius 2 is 2.21 bits per heavy atom. The molecular weight excluding hydrogens is 286 g/mol. The van der Waals surface area contributed by atoms with Crippen LogP contribution in [0.1, 0.15) is 41.7 Å². The molecule has 0 atom stereocenters. The van der Waals surface area contributed by atoms with Crippen LogP contribution in [0.4, 0.5) is 0 Å². The molecule has 0 saturated heterocycles. The summed E-state index contributed by atoms with van der Waals surface area (Å²) in [5.41, 5.74) is 5.72. The number of thiophene rings is 1. The molecule has 0 radical (unpaired) electrons. The Bertz CT molecular complexity index is 604.